The minimum atomic E-state index is -0.867. The van der Waals surface area contributed by atoms with Crippen LogP contribution in [0.5, 0.6) is 5.75 Å². The van der Waals surface area contributed by atoms with Gasteiger partial charge in [-0.15, -0.1) is 0 Å². The molecule has 1 aliphatic carbocycles. The first-order valence-electron chi connectivity index (χ1n) is 10.7. The summed E-state index contributed by atoms with van der Waals surface area (Å²) in [5.41, 5.74) is 2.90. The van der Waals surface area contributed by atoms with Gasteiger partial charge in [0.1, 0.15) is 11.6 Å². The van der Waals surface area contributed by atoms with Crippen LogP contribution >= 0.6 is 0 Å². The first kappa shape index (κ1) is 19.6. The number of nitrogens with zero attached hydrogens (tertiary/aromatic N) is 3. The van der Waals surface area contributed by atoms with E-state index in [1.54, 1.807) is 7.11 Å². The normalized spacial score (nSPS) is 23.0. The lowest BCUT2D eigenvalue weighted by Gasteiger charge is -2.32. The van der Waals surface area contributed by atoms with Crippen molar-refractivity contribution in [3.8, 4) is 17.0 Å². The van der Waals surface area contributed by atoms with Crippen molar-refractivity contribution in [3.63, 3.8) is 0 Å². The standard InChI is InChI=1S/C24H25N3O4/c1-31-17-8-4-6-15(12-17)21-20-9-2-3-11-27(20)22(25-21)16-7-5-10-26(14-16)23(28)18-13-19(18)24(29)30/h2-4,6,8-9,11-12,16,18-19H,5,7,10,13-14H2,1H3,(H,29,30). The number of benzene rings is 1. The van der Waals surface area contributed by atoms with E-state index in [9.17, 15) is 14.7 Å². The molecule has 1 saturated carbocycles. The number of hydrogen-bond acceptors (Lipinski definition) is 4. The second-order valence-corrected chi connectivity index (χ2v) is 8.42. The van der Waals surface area contributed by atoms with Gasteiger partial charge in [0, 0.05) is 30.8 Å². The largest absolute Gasteiger partial charge is 0.497 e. The monoisotopic (exact) mass is 419 g/mol. The Labute approximate surface area is 180 Å². The number of imidazole rings is 1. The van der Waals surface area contributed by atoms with Gasteiger partial charge in [0.15, 0.2) is 0 Å². The summed E-state index contributed by atoms with van der Waals surface area (Å²) in [6.45, 7) is 1.26. The van der Waals surface area contributed by atoms with Gasteiger partial charge in [-0.05, 0) is 43.5 Å². The van der Waals surface area contributed by atoms with E-state index in [-0.39, 0.29) is 17.7 Å². The zero-order valence-corrected chi connectivity index (χ0v) is 17.4. The highest BCUT2D eigenvalue weighted by Crippen LogP contribution is 2.41. The molecule has 1 N–H and O–H groups in total. The fraction of sp³-hybridized carbons (Fsp3) is 0.375. The average molecular weight is 419 g/mol. The predicted octanol–water partition coefficient (Wildman–Crippen LogP) is 3.44. The van der Waals surface area contributed by atoms with Crippen molar-refractivity contribution in [3.05, 3.63) is 54.5 Å². The third-order valence-corrected chi connectivity index (χ3v) is 6.44. The molecule has 160 valence electrons. The number of hydrogen-bond donors (Lipinski definition) is 1. The Bertz CT molecular complexity index is 1150. The quantitative estimate of drug-likeness (QED) is 0.685. The summed E-state index contributed by atoms with van der Waals surface area (Å²) in [4.78, 5) is 30.9. The van der Waals surface area contributed by atoms with E-state index in [1.807, 2.05) is 47.5 Å². The lowest BCUT2D eigenvalue weighted by atomic mass is 9.96. The number of carboxylic acid groups (broad SMARTS) is 1. The number of ether oxygens (including phenoxy) is 1. The SMILES string of the molecule is COc1cccc(-c2nc(C3CCCN(C(=O)C4CC4C(=O)O)C3)n3ccccc23)c1. The number of aromatic nitrogens is 2. The first-order valence-corrected chi connectivity index (χ1v) is 10.7. The van der Waals surface area contributed by atoms with Crippen molar-refractivity contribution in [1.29, 1.82) is 0 Å². The number of aliphatic carboxylic acids is 1. The molecule has 7 nitrogen and oxygen atoms in total. The summed E-state index contributed by atoms with van der Waals surface area (Å²) >= 11 is 0. The zero-order chi connectivity index (χ0) is 21.5. The maximum absolute atomic E-state index is 12.8. The van der Waals surface area contributed by atoms with Crippen LogP contribution in [-0.4, -0.2) is 51.5 Å². The molecule has 2 aromatic heterocycles. The van der Waals surface area contributed by atoms with Gasteiger partial charge < -0.3 is 19.1 Å². The highest BCUT2D eigenvalue weighted by Gasteiger charge is 2.50. The molecule has 31 heavy (non-hydrogen) atoms. The van der Waals surface area contributed by atoms with Gasteiger partial charge in [0.2, 0.25) is 5.91 Å². The van der Waals surface area contributed by atoms with Crippen LogP contribution in [0.15, 0.2) is 48.7 Å². The molecule has 0 bridgehead atoms. The number of amides is 1. The molecule has 5 rings (SSSR count). The minimum Gasteiger partial charge on any atom is -0.497 e. The second kappa shape index (κ2) is 7.72. The van der Waals surface area contributed by atoms with Gasteiger partial charge in [0.05, 0.1) is 30.2 Å². The van der Waals surface area contributed by atoms with Crippen LogP contribution in [0.25, 0.3) is 16.8 Å². The number of fused-ring (bicyclic) bond motifs is 1. The van der Waals surface area contributed by atoms with Gasteiger partial charge in [-0.2, -0.15) is 0 Å². The van der Waals surface area contributed by atoms with Crippen LogP contribution in [0.4, 0.5) is 0 Å². The van der Waals surface area contributed by atoms with Crippen LogP contribution in [0.3, 0.4) is 0 Å². The fourth-order valence-corrected chi connectivity index (χ4v) is 4.70. The van der Waals surface area contributed by atoms with Gasteiger partial charge >= 0.3 is 5.97 Å². The van der Waals surface area contributed by atoms with E-state index in [0.717, 1.165) is 41.2 Å². The third-order valence-electron chi connectivity index (χ3n) is 6.44. The van der Waals surface area contributed by atoms with Crippen LogP contribution < -0.4 is 4.74 Å². The van der Waals surface area contributed by atoms with E-state index in [0.29, 0.717) is 19.5 Å². The van der Waals surface area contributed by atoms with Gasteiger partial charge in [-0.25, -0.2) is 4.98 Å². The lowest BCUT2D eigenvalue weighted by Crippen LogP contribution is -2.40. The Morgan fingerprint density at radius 3 is 2.81 bits per heavy atom. The number of pyridine rings is 1. The Kier molecular flexibility index (Phi) is 4.88. The van der Waals surface area contributed by atoms with E-state index in [4.69, 9.17) is 9.72 Å². The Balaban J connectivity index is 1.46. The molecule has 3 heterocycles. The van der Waals surface area contributed by atoms with Crippen molar-refractivity contribution < 1.29 is 19.4 Å². The van der Waals surface area contributed by atoms with E-state index >= 15 is 0 Å². The number of carbonyl (C=O) groups is 2. The number of likely N-dealkylation sites (tertiary alicyclic amines) is 1. The maximum Gasteiger partial charge on any atom is 0.307 e. The Morgan fingerprint density at radius 1 is 1.16 bits per heavy atom. The molecule has 0 radical (unpaired) electrons. The number of methoxy groups -OCH3 is 1. The molecular weight excluding hydrogens is 394 g/mol. The predicted molar refractivity (Wildman–Crippen MR) is 115 cm³/mol. The molecule has 0 spiro atoms. The minimum absolute atomic E-state index is 0.0222. The van der Waals surface area contributed by atoms with Gasteiger partial charge in [-0.1, -0.05) is 18.2 Å². The smallest absolute Gasteiger partial charge is 0.307 e. The van der Waals surface area contributed by atoms with Crippen molar-refractivity contribution in [2.24, 2.45) is 11.8 Å². The molecule has 3 atom stereocenters. The number of piperidine rings is 1. The first-order chi connectivity index (χ1) is 15.1. The van der Waals surface area contributed by atoms with Crippen LogP contribution in [0, 0.1) is 11.8 Å². The van der Waals surface area contributed by atoms with Gasteiger partial charge in [0.25, 0.3) is 0 Å². The van der Waals surface area contributed by atoms with E-state index in [2.05, 4.69) is 10.5 Å². The zero-order valence-electron chi connectivity index (χ0n) is 17.4. The summed E-state index contributed by atoms with van der Waals surface area (Å²) in [5, 5.41) is 9.17. The number of carboxylic acids is 1. The highest BCUT2D eigenvalue weighted by molar-refractivity contribution is 5.89. The summed E-state index contributed by atoms with van der Waals surface area (Å²) in [6.07, 6.45) is 4.31. The summed E-state index contributed by atoms with van der Waals surface area (Å²) in [5.74, 6) is 0.0638. The molecule has 2 aliphatic rings. The average Bonchev–Trinajstić information content (AvgIpc) is 3.53. The van der Waals surface area contributed by atoms with Crippen molar-refractivity contribution >= 4 is 17.4 Å². The van der Waals surface area contributed by atoms with Gasteiger partial charge in [-0.3, -0.25) is 9.59 Å². The summed E-state index contributed by atoms with van der Waals surface area (Å²) in [6, 6.07) is 13.9. The van der Waals surface area contributed by atoms with Crippen molar-refractivity contribution in [1.82, 2.24) is 14.3 Å². The van der Waals surface area contributed by atoms with E-state index < -0.39 is 11.9 Å². The third kappa shape index (κ3) is 3.54. The molecule has 1 saturated heterocycles. The molecule has 1 aromatic carbocycles. The van der Waals surface area contributed by atoms with Crippen LogP contribution in [-0.2, 0) is 9.59 Å². The topological polar surface area (TPSA) is 84.1 Å². The van der Waals surface area contributed by atoms with Crippen molar-refractivity contribution in [2.45, 2.75) is 25.2 Å². The molecule has 2 fully saturated rings. The fourth-order valence-electron chi connectivity index (χ4n) is 4.70. The highest BCUT2D eigenvalue weighted by atomic mass is 16.5. The molecular formula is C24H25N3O4. The van der Waals surface area contributed by atoms with Crippen molar-refractivity contribution in [2.75, 3.05) is 20.2 Å². The Morgan fingerprint density at radius 2 is 2.03 bits per heavy atom. The molecule has 3 aromatic rings. The van der Waals surface area contributed by atoms with Crippen LogP contribution in [0.1, 0.15) is 31.0 Å². The van der Waals surface area contributed by atoms with Crippen LogP contribution in [0.2, 0.25) is 0 Å². The van der Waals surface area contributed by atoms with E-state index in [1.165, 1.54) is 0 Å². The Hall–Kier alpha value is -3.35. The summed E-state index contributed by atoms with van der Waals surface area (Å²) < 4.78 is 7.50. The second-order valence-electron chi connectivity index (χ2n) is 8.42. The lowest BCUT2D eigenvalue weighted by molar-refractivity contribution is -0.142. The maximum atomic E-state index is 12.8. The molecule has 1 amide bonds. The molecule has 7 heteroatoms. The molecule has 3 unspecified atom stereocenters. The molecule has 1 aliphatic heterocycles. The summed E-state index contributed by atoms with van der Waals surface area (Å²) in [7, 11) is 1.65. The number of carbonyl (C=O) groups excluding carboxylic acids is 1. The number of rotatable bonds is 5.